The molecular weight excluding hydrogens is 336 g/mol. The highest BCUT2D eigenvalue weighted by molar-refractivity contribution is 6.03. The van der Waals surface area contributed by atoms with Gasteiger partial charge in [-0.25, -0.2) is 0 Å². The maximum absolute atomic E-state index is 12.8. The molecule has 3 aromatic rings. The van der Waals surface area contributed by atoms with E-state index in [1.807, 2.05) is 73.5 Å². The number of likely N-dealkylation sites (N-methyl/N-ethyl adjacent to an activating group) is 1. The lowest BCUT2D eigenvalue weighted by Crippen LogP contribution is -2.39. The summed E-state index contributed by atoms with van der Waals surface area (Å²) in [6.07, 6.45) is 0. The first-order valence-electron chi connectivity index (χ1n) is 9.12. The Hall–Kier alpha value is -2.85. The minimum atomic E-state index is -0.283. The fourth-order valence-electron chi connectivity index (χ4n) is 3.21. The number of nitrogens with zero attached hydrogens (tertiary/aromatic N) is 1. The lowest BCUT2D eigenvalue weighted by molar-refractivity contribution is -0.120. The Bertz CT molecular complexity index is 947. The number of methoxy groups -OCH3 is 1. The third-order valence-corrected chi connectivity index (χ3v) is 4.94. The first kappa shape index (κ1) is 18.9. The van der Waals surface area contributed by atoms with Gasteiger partial charge >= 0.3 is 0 Å². The third kappa shape index (κ3) is 4.29. The van der Waals surface area contributed by atoms with E-state index < -0.39 is 0 Å². The van der Waals surface area contributed by atoms with E-state index in [1.165, 1.54) is 5.56 Å². The summed E-state index contributed by atoms with van der Waals surface area (Å²) >= 11 is 0. The topological polar surface area (TPSA) is 41.6 Å². The van der Waals surface area contributed by atoms with Gasteiger partial charge in [0.25, 0.3) is 0 Å². The van der Waals surface area contributed by atoms with Gasteiger partial charge in [0.2, 0.25) is 5.91 Å². The molecule has 0 aliphatic heterocycles. The van der Waals surface area contributed by atoms with E-state index in [0.717, 1.165) is 27.8 Å². The molecule has 0 unspecified atom stereocenters. The van der Waals surface area contributed by atoms with Crippen LogP contribution in [0.25, 0.3) is 10.8 Å². The first-order valence-corrected chi connectivity index (χ1v) is 9.12. The largest absolute Gasteiger partial charge is 0.496 e. The molecule has 4 nitrogen and oxygen atoms in total. The molecular formula is C23H26N2O2. The van der Waals surface area contributed by atoms with E-state index >= 15 is 0 Å². The molecule has 0 spiro atoms. The van der Waals surface area contributed by atoms with E-state index in [1.54, 1.807) is 7.11 Å². The summed E-state index contributed by atoms with van der Waals surface area (Å²) in [6.45, 7) is 4.61. The zero-order valence-corrected chi connectivity index (χ0v) is 16.3. The summed E-state index contributed by atoms with van der Waals surface area (Å²) in [6, 6.07) is 19.8. The standard InChI is InChI=1S/C23H26N2O2/c1-16-12-13-22(27-4)19(14-16)15-25(3)17(2)23(26)24-21-11-7-9-18-8-5-6-10-20(18)21/h5-14,17H,15H2,1-4H3,(H,24,26)/t17-/m1/s1. The zero-order chi connectivity index (χ0) is 19.4. The fraction of sp³-hybridized carbons (Fsp3) is 0.261. The molecule has 0 bridgehead atoms. The second kappa shape index (κ2) is 8.23. The summed E-state index contributed by atoms with van der Waals surface area (Å²) in [4.78, 5) is 14.9. The molecule has 0 saturated carbocycles. The molecule has 3 rings (SSSR count). The number of aryl methyl sites for hydroxylation is 1. The van der Waals surface area contributed by atoms with Gasteiger partial charge < -0.3 is 10.1 Å². The summed E-state index contributed by atoms with van der Waals surface area (Å²) in [5.41, 5.74) is 3.09. The van der Waals surface area contributed by atoms with Crippen LogP contribution in [0.5, 0.6) is 5.75 Å². The van der Waals surface area contributed by atoms with Crippen LogP contribution in [0.2, 0.25) is 0 Å². The van der Waals surface area contributed by atoms with Crippen molar-refractivity contribution in [3.63, 3.8) is 0 Å². The number of carbonyl (C=O) groups excluding carboxylic acids is 1. The SMILES string of the molecule is COc1ccc(C)cc1CN(C)[C@H](C)C(=O)Nc1cccc2ccccc12. The van der Waals surface area contributed by atoms with Crippen LogP contribution in [0.3, 0.4) is 0 Å². The quantitative estimate of drug-likeness (QED) is 0.696. The van der Waals surface area contributed by atoms with Crippen molar-refractivity contribution in [1.29, 1.82) is 0 Å². The van der Waals surface area contributed by atoms with Crippen molar-refractivity contribution in [3.8, 4) is 5.75 Å². The fourth-order valence-corrected chi connectivity index (χ4v) is 3.21. The average molecular weight is 362 g/mol. The second-order valence-corrected chi connectivity index (χ2v) is 6.92. The van der Waals surface area contributed by atoms with Crippen LogP contribution in [0.1, 0.15) is 18.1 Å². The number of amides is 1. The molecule has 0 saturated heterocycles. The highest BCUT2D eigenvalue weighted by Crippen LogP contribution is 2.24. The molecule has 0 radical (unpaired) electrons. The van der Waals surface area contributed by atoms with Gasteiger partial charge in [0.05, 0.1) is 13.2 Å². The molecule has 1 atom stereocenters. The Morgan fingerprint density at radius 3 is 2.63 bits per heavy atom. The van der Waals surface area contributed by atoms with Gasteiger partial charge in [0, 0.05) is 23.2 Å². The van der Waals surface area contributed by atoms with Gasteiger partial charge in [0.1, 0.15) is 5.75 Å². The molecule has 1 amide bonds. The number of rotatable bonds is 6. The van der Waals surface area contributed by atoms with Crippen LogP contribution >= 0.6 is 0 Å². The van der Waals surface area contributed by atoms with E-state index in [9.17, 15) is 4.79 Å². The molecule has 4 heteroatoms. The molecule has 0 fully saturated rings. The summed E-state index contributed by atoms with van der Waals surface area (Å²) in [5.74, 6) is 0.814. The zero-order valence-electron chi connectivity index (χ0n) is 16.3. The van der Waals surface area contributed by atoms with Crippen molar-refractivity contribution in [2.45, 2.75) is 26.4 Å². The number of ether oxygens (including phenoxy) is 1. The molecule has 0 aliphatic rings. The smallest absolute Gasteiger partial charge is 0.241 e. The number of hydrogen-bond donors (Lipinski definition) is 1. The normalized spacial score (nSPS) is 12.2. The van der Waals surface area contributed by atoms with Gasteiger partial charge in [-0.15, -0.1) is 0 Å². The average Bonchev–Trinajstić information content (AvgIpc) is 2.67. The van der Waals surface area contributed by atoms with E-state index in [4.69, 9.17) is 4.74 Å². The number of carbonyl (C=O) groups is 1. The van der Waals surface area contributed by atoms with Crippen LogP contribution in [0, 0.1) is 6.92 Å². The predicted octanol–water partition coefficient (Wildman–Crippen LogP) is 4.62. The number of benzene rings is 3. The monoisotopic (exact) mass is 362 g/mol. The van der Waals surface area contributed by atoms with Crippen LogP contribution in [0.4, 0.5) is 5.69 Å². The first-order chi connectivity index (χ1) is 13.0. The maximum Gasteiger partial charge on any atom is 0.241 e. The lowest BCUT2D eigenvalue weighted by Gasteiger charge is -2.25. The van der Waals surface area contributed by atoms with Gasteiger partial charge in [-0.05, 0) is 38.4 Å². The Morgan fingerprint density at radius 1 is 1.11 bits per heavy atom. The van der Waals surface area contributed by atoms with E-state index in [2.05, 4.69) is 18.3 Å². The number of fused-ring (bicyclic) bond motifs is 1. The molecule has 27 heavy (non-hydrogen) atoms. The van der Waals surface area contributed by atoms with Crippen LogP contribution < -0.4 is 10.1 Å². The van der Waals surface area contributed by atoms with Crippen molar-refractivity contribution in [2.75, 3.05) is 19.5 Å². The van der Waals surface area contributed by atoms with Crippen molar-refractivity contribution in [1.82, 2.24) is 4.90 Å². The third-order valence-electron chi connectivity index (χ3n) is 4.94. The maximum atomic E-state index is 12.8. The Labute approximate surface area is 160 Å². The highest BCUT2D eigenvalue weighted by atomic mass is 16.5. The molecule has 0 aliphatic carbocycles. The minimum Gasteiger partial charge on any atom is -0.496 e. The Balaban J connectivity index is 1.74. The number of nitrogens with one attached hydrogen (secondary N) is 1. The number of anilines is 1. The van der Waals surface area contributed by atoms with Gasteiger partial charge in [0.15, 0.2) is 0 Å². The van der Waals surface area contributed by atoms with Gasteiger partial charge in [-0.2, -0.15) is 0 Å². The summed E-state index contributed by atoms with van der Waals surface area (Å²) < 4.78 is 5.46. The van der Waals surface area contributed by atoms with E-state index in [-0.39, 0.29) is 11.9 Å². The molecule has 0 heterocycles. The van der Waals surface area contributed by atoms with Gasteiger partial charge in [-0.1, -0.05) is 54.1 Å². The van der Waals surface area contributed by atoms with Crippen molar-refractivity contribution < 1.29 is 9.53 Å². The van der Waals surface area contributed by atoms with Crippen LogP contribution in [-0.2, 0) is 11.3 Å². The Morgan fingerprint density at radius 2 is 1.85 bits per heavy atom. The number of hydrogen-bond acceptors (Lipinski definition) is 3. The van der Waals surface area contributed by atoms with Crippen molar-refractivity contribution in [3.05, 3.63) is 71.8 Å². The highest BCUT2D eigenvalue weighted by Gasteiger charge is 2.20. The molecule has 3 aromatic carbocycles. The van der Waals surface area contributed by atoms with Crippen molar-refractivity contribution in [2.24, 2.45) is 0 Å². The minimum absolute atomic E-state index is 0.0273. The van der Waals surface area contributed by atoms with Crippen molar-refractivity contribution >= 4 is 22.4 Å². The Kier molecular flexibility index (Phi) is 5.77. The molecule has 0 aromatic heterocycles. The second-order valence-electron chi connectivity index (χ2n) is 6.92. The molecule has 140 valence electrons. The van der Waals surface area contributed by atoms with Gasteiger partial charge in [-0.3, -0.25) is 9.69 Å². The molecule has 1 N–H and O–H groups in total. The summed E-state index contributed by atoms with van der Waals surface area (Å²) in [5, 5.41) is 5.24. The van der Waals surface area contributed by atoms with Crippen LogP contribution in [0.15, 0.2) is 60.7 Å². The van der Waals surface area contributed by atoms with E-state index in [0.29, 0.717) is 6.54 Å². The lowest BCUT2D eigenvalue weighted by atomic mass is 10.1. The summed E-state index contributed by atoms with van der Waals surface area (Å²) in [7, 11) is 3.62. The van der Waals surface area contributed by atoms with Crippen LogP contribution in [-0.4, -0.2) is 31.0 Å². The predicted molar refractivity (Wildman–Crippen MR) is 111 cm³/mol.